The van der Waals surface area contributed by atoms with Crippen molar-refractivity contribution in [1.29, 1.82) is 0 Å². The van der Waals surface area contributed by atoms with Crippen LogP contribution >= 0.6 is 0 Å². The van der Waals surface area contributed by atoms with Crippen molar-refractivity contribution in [2.45, 2.75) is 103 Å². The summed E-state index contributed by atoms with van der Waals surface area (Å²) in [4.78, 5) is 24.4. The molecule has 2 saturated carbocycles. The highest BCUT2D eigenvalue weighted by Gasteiger charge is 2.83. The highest BCUT2D eigenvalue weighted by molar-refractivity contribution is 5.67. The van der Waals surface area contributed by atoms with E-state index in [1.54, 1.807) is 0 Å². The third-order valence-electron chi connectivity index (χ3n) is 9.80. The minimum atomic E-state index is -0.842. The predicted molar refractivity (Wildman–Crippen MR) is 110 cm³/mol. The van der Waals surface area contributed by atoms with Crippen molar-refractivity contribution in [2.24, 2.45) is 28.6 Å². The van der Waals surface area contributed by atoms with Gasteiger partial charge >= 0.3 is 11.9 Å². The van der Waals surface area contributed by atoms with Gasteiger partial charge in [0.1, 0.15) is 17.1 Å². The van der Waals surface area contributed by atoms with E-state index < -0.39 is 42.0 Å². The summed E-state index contributed by atoms with van der Waals surface area (Å²) in [5, 5.41) is 9.90. The first-order chi connectivity index (χ1) is 15.6. The zero-order valence-corrected chi connectivity index (χ0v) is 19.7. The van der Waals surface area contributed by atoms with Crippen LogP contribution in [0.3, 0.4) is 0 Å². The van der Waals surface area contributed by atoms with Gasteiger partial charge in [0, 0.05) is 38.0 Å². The molecule has 7 fully saturated rings. The van der Waals surface area contributed by atoms with E-state index >= 15 is 0 Å². The van der Waals surface area contributed by atoms with Crippen LogP contribution in [0.1, 0.15) is 59.8 Å². The first kappa shape index (κ1) is 22.2. The van der Waals surface area contributed by atoms with E-state index in [9.17, 15) is 14.7 Å². The number of ether oxygens (including phenoxy) is 6. The van der Waals surface area contributed by atoms with Crippen LogP contribution in [-0.4, -0.2) is 66.4 Å². The van der Waals surface area contributed by atoms with E-state index in [2.05, 4.69) is 13.8 Å². The van der Waals surface area contributed by atoms with Crippen molar-refractivity contribution in [2.75, 3.05) is 6.61 Å². The number of rotatable bonds is 3. The van der Waals surface area contributed by atoms with Gasteiger partial charge in [-0.1, -0.05) is 13.8 Å². The summed E-state index contributed by atoms with van der Waals surface area (Å²) in [6.45, 7) is 7.80. The molecular formula is C24H34O9. The van der Waals surface area contributed by atoms with Gasteiger partial charge in [-0.05, 0) is 31.1 Å². The lowest BCUT2D eigenvalue weighted by atomic mass is 9.40. The van der Waals surface area contributed by atoms with Crippen LogP contribution in [0.4, 0.5) is 0 Å². The van der Waals surface area contributed by atoms with Gasteiger partial charge in [-0.25, -0.2) is 0 Å². The van der Waals surface area contributed by atoms with Crippen LogP contribution < -0.4 is 0 Å². The number of esters is 2. The van der Waals surface area contributed by atoms with Gasteiger partial charge < -0.3 is 33.5 Å². The highest BCUT2D eigenvalue weighted by Crippen LogP contribution is 2.74. The predicted octanol–water partition coefficient (Wildman–Crippen LogP) is 1.89. The van der Waals surface area contributed by atoms with Gasteiger partial charge in [-0.3, -0.25) is 9.59 Å². The van der Waals surface area contributed by atoms with Crippen LogP contribution in [0.2, 0.25) is 0 Å². The molecule has 0 aromatic heterocycles. The van der Waals surface area contributed by atoms with E-state index in [0.717, 1.165) is 12.8 Å². The molecule has 5 heterocycles. The number of carbonyl (C=O) groups excluding carboxylic acids is 2. The van der Waals surface area contributed by atoms with Crippen molar-refractivity contribution >= 4 is 11.9 Å². The maximum absolute atomic E-state index is 12.2. The van der Waals surface area contributed by atoms with E-state index in [1.165, 1.54) is 13.8 Å². The number of fused-ring (bicyclic) bond motifs is 2. The largest absolute Gasteiger partial charge is 0.462 e. The van der Waals surface area contributed by atoms with E-state index in [1.807, 2.05) is 0 Å². The minimum Gasteiger partial charge on any atom is -0.462 e. The average Bonchev–Trinajstić information content (AvgIpc) is 3.21. The van der Waals surface area contributed by atoms with Gasteiger partial charge in [0.05, 0.1) is 18.8 Å². The van der Waals surface area contributed by atoms with Gasteiger partial charge in [0.2, 0.25) is 6.29 Å². The second-order valence-corrected chi connectivity index (χ2v) is 11.3. The zero-order valence-electron chi connectivity index (χ0n) is 19.7. The summed E-state index contributed by atoms with van der Waals surface area (Å²) in [6.07, 6.45) is 0.736. The molecule has 5 aliphatic heterocycles. The van der Waals surface area contributed by atoms with Gasteiger partial charge in [0.25, 0.3) is 0 Å². The third kappa shape index (κ3) is 2.89. The summed E-state index contributed by atoms with van der Waals surface area (Å²) < 4.78 is 36.4. The average molecular weight is 467 g/mol. The Morgan fingerprint density at radius 3 is 2.36 bits per heavy atom. The number of epoxide rings is 1. The molecule has 12 atom stereocenters. The van der Waals surface area contributed by atoms with Crippen LogP contribution in [0.15, 0.2) is 0 Å². The highest BCUT2D eigenvalue weighted by atomic mass is 16.7. The number of aliphatic hydroxyl groups is 1. The van der Waals surface area contributed by atoms with Crippen molar-refractivity contribution in [3.05, 3.63) is 0 Å². The Bertz CT molecular complexity index is 843. The Hall–Kier alpha value is -1.26. The fourth-order valence-corrected chi connectivity index (χ4v) is 8.28. The summed E-state index contributed by atoms with van der Waals surface area (Å²) in [6, 6.07) is 0. The SMILES string of the molecule is CC(=O)OC1O[C@@H]2C[C@@H]3[C@@](C)([C@@H]4C[C@H]5C[C@@H](O)O[C@H]5O4)[C@H](C)C[C@H](OC(C)=O)[C@]13[C@@]1(CO1)C2. The summed E-state index contributed by atoms with van der Waals surface area (Å²) >= 11 is 0. The molecule has 33 heavy (non-hydrogen) atoms. The first-order valence-corrected chi connectivity index (χ1v) is 12.2. The minimum absolute atomic E-state index is 0.00815. The molecule has 2 aliphatic carbocycles. The maximum Gasteiger partial charge on any atom is 0.304 e. The Kier molecular flexibility index (Phi) is 4.80. The topological polar surface area (TPSA) is 113 Å². The quantitative estimate of drug-likeness (QED) is 0.492. The lowest BCUT2D eigenvalue weighted by Gasteiger charge is -2.69. The molecule has 5 saturated heterocycles. The van der Waals surface area contributed by atoms with Gasteiger partial charge in [-0.2, -0.15) is 0 Å². The molecule has 0 amide bonds. The van der Waals surface area contributed by atoms with Gasteiger partial charge in [0.15, 0.2) is 12.6 Å². The molecule has 0 aromatic carbocycles. The number of carbonyl (C=O) groups is 2. The molecule has 0 aromatic rings. The van der Waals surface area contributed by atoms with Crippen molar-refractivity contribution in [1.82, 2.24) is 0 Å². The molecule has 9 heteroatoms. The molecule has 1 N–H and O–H groups in total. The van der Waals surface area contributed by atoms with Crippen LogP contribution in [0, 0.1) is 28.6 Å². The Morgan fingerprint density at radius 1 is 1.00 bits per heavy atom. The molecule has 1 unspecified atom stereocenters. The van der Waals surface area contributed by atoms with Crippen molar-refractivity contribution in [3.63, 3.8) is 0 Å². The lowest BCUT2D eigenvalue weighted by molar-refractivity contribution is -0.376. The smallest absolute Gasteiger partial charge is 0.304 e. The number of aliphatic hydroxyl groups excluding tert-OH is 1. The van der Waals surface area contributed by atoms with Crippen molar-refractivity contribution < 1.29 is 43.1 Å². The second-order valence-electron chi connectivity index (χ2n) is 11.3. The Morgan fingerprint density at radius 2 is 1.73 bits per heavy atom. The maximum atomic E-state index is 12.2. The molecule has 7 rings (SSSR count). The molecule has 0 radical (unpaired) electrons. The summed E-state index contributed by atoms with van der Waals surface area (Å²) in [5.41, 5.74) is -1.65. The van der Waals surface area contributed by atoms with E-state index in [4.69, 9.17) is 28.4 Å². The van der Waals surface area contributed by atoms with Gasteiger partial charge in [-0.15, -0.1) is 0 Å². The van der Waals surface area contributed by atoms with Crippen LogP contribution in [0.5, 0.6) is 0 Å². The molecular weight excluding hydrogens is 432 g/mol. The first-order valence-electron chi connectivity index (χ1n) is 12.2. The fraction of sp³-hybridized carbons (Fsp3) is 0.917. The van der Waals surface area contributed by atoms with E-state index in [-0.39, 0.29) is 41.3 Å². The lowest BCUT2D eigenvalue weighted by Crippen LogP contribution is -2.77. The molecule has 184 valence electrons. The zero-order chi connectivity index (χ0) is 23.3. The Labute approximate surface area is 193 Å². The monoisotopic (exact) mass is 466 g/mol. The van der Waals surface area contributed by atoms with Crippen LogP contribution in [0.25, 0.3) is 0 Å². The van der Waals surface area contributed by atoms with Crippen LogP contribution in [-0.2, 0) is 38.0 Å². The van der Waals surface area contributed by atoms with E-state index in [0.29, 0.717) is 25.9 Å². The molecule has 7 aliphatic rings. The number of hydrogen-bond donors (Lipinski definition) is 1. The summed E-state index contributed by atoms with van der Waals surface area (Å²) in [7, 11) is 0. The third-order valence-corrected chi connectivity index (χ3v) is 9.80. The standard InChI is InChI=1S/C24H34O9/c1-11-5-18(29-12(2)25)24-16(22(11,4)17-6-14-7-19(27)33-20(14)32-17)8-15(9-23(24)10-28-23)31-21(24)30-13(3)26/h11,14-21,27H,5-10H2,1-4H3/t11-,14+,15-,16-,17+,18+,19+,20-,21?,22+,23+,24+/m1/s1. The summed E-state index contributed by atoms with van der Waals surface area (Å²) in [5.74, 6) is -0.468. The Balaban J connectivity index is 1.45. The van der Waals surface area contributed by atoms with Crippen molar-refractivity contribution in [3.8, 4) is 0 Å². The normalized spacial score (nSPS) is 56.3. The molecule has 9 nitrogen and oxygen atoms in total. The number of hydrogen-bond acceptors (Lipinski definition) is 9. The molecule has 2 spiro atoms. The molecule has 2 bridgehead atoms. The second kappa shape index (κ2) is 7.13. The fourth-order valence-electron chi connectivity index (χ4n) is 8.28.